The molecule has 2 N–H and O–H groups in total. The van der Waals surface area contributed by atoms with E-state index in [9.17, 15) is 4.79 Å². The van der Waals surface area contributed by atoms with Crippen molar-refractivity contribution < 1.29 is 14.8 Å². The molecular formula is C11H14BNO3. The minimum absolute atomic E-state index is 0.0262. The van der Waals surface area contributed by atoms with Crippen molar-refractivity contribution in [3.05, 3.63) is 23.8 Å². The van der Waals surface area contributed by atoms with Crippen molar-refractivity contribution >= 4 is 24.2 Å². The van der Waals surface area contributed by atoms with Crippen molar-refractivity contribution in [2.75, 3.05) is 11.4 Å². The lowest BCUT2D eigenvalue weighted by Crippen LogP contribution is -2.36. The highest BCUT2D eigenvalue weighted by molar-refractivity contribution is 6.58. The third-order valence-corrected chi connectivity index (χ3v) is 2.90. The Balaban J connectivity index is 2.40. The zero-order valence-corrected chi connectivity index (χ0v) is 9.18. The monoisotopic (exact) mass is 219 g/mol. The molecule has 0 aromatic heterocycles. The van der Waals surface area contributed by atoms with E-state index in [-0.39, 0.29) is 5.91 Å². The van der Waals surface area contributed by atoms with Crippen LogP contribution in [0.3, 0.4) is 0 Å². The number of aryl methyl sites for hydroxylation is 1. The molecule has 0 unspecified atom stereocenters. The summed E-state index contributed by atoms with van der Waals surface area (Å²) < 4.78 is 0. The molecule has 84 valence electrons. The predicted octanol–water partition coefficient (Wildman–Crippen LogP) is -0.335. The van der Waals surface area contributed by atoms with E-state index in [0.29, 0.717) is 5.46 Å². The van der Waals surface area contributed by atoms with Crippen LogP contribution in [0.2, 0.25) is 0 Å². The third-order valence-electron chi connectivity index (χ3n) is 2.90. The Morgan fingerprint density at radius 3 is 2.81 bits per heavy atom. The van der Waals surface area contributed by atoms with Gasteiger partial charge < -0.3 is 14.9 Å². The van der Waals surface area contributed by atoms with Crippen LogP contribution >= 0.6 is 0 Å². The molecule has 0 saturated heterocycles. The van der Waals surface area contributed by atoms with Gasteiger partial charge in [0.05, 0.1) is 0 Å². The van der Waals surface area contributed by atoms with Gasteiger partial charge in [-0.25, -0.2) is 0 Å². The van der Waals surface area contributed by atoms with E-state index in [1.54, 1.807) is 30.0 Å². The molecule has 1 heterocycles. The van der Waals surface area contributed by atoms with Gasteiger partial charge in [0, 0.05) is 19.2 Å². The average Bonchev–Trinajstić information content (AvgIpc) is 2.27. The van der Waals surface area contributed by atoms with E-state index in [0.717, 1.165) is 30.6 Å². The van der Waals surface area contributed by atoms with Crippen molar-refractivity contribution in [1.29, 1.82) is 0 Å². The van der Waals surface area contributed by atoms with Crippen LogP contribution in [-0.2, 0) is 11.2 Å². The lowest BCUT2D eigenvalue weighted by atomic mass is 9.78. The Kier molecular flexibility index (Phi) is 2.98. The van der Waals surface area contributed by atoms with E-state index >= 15 is 0 Å². The van der Waals surface area contributed by atoms with E-state index in [4.69, 9.17) is 10.0 Å². The molecule has 1 aromatic carbocycles. The first kappa shape index (κ1) is 11.2. The van der Waals surface area contributed by atoms with Gasteiger partial charge in [-0.15, -0.1) is 0 Å². The van der Waals surface area contributed by atoms with Crippen LogP contribution in [0.25, 0.3) is 0 Å². The number of nitrogens with zero attached hydrogens (tertiary/aromatic N) is 1. The molecule has 1 amide bonds. The number of carbonyl (C=O) groups is 1. The molecule has 2 rings (SSSR count). The zero-order chi connectivity index (χ0) is 11.7. The summed E-state index contributed by atoms with van der Waals surface area (Å²) in [5, 5.41) is 18.2. The number of hydrogen-bond acceptors (Lipinski definition) is 3. The molecule has 1 aromatic rings. The fraction of sp³-hybridized carbons (Fsp3) is 0.364. The summed E-state index contributed by atoms with van der Waals surface area (Å²) in [6.07, 6.45) is 1.79. The lowest BCUT2D eigenvalue weighted by molar-refractivity contribution is -0.116. The summed E-state index contributed by atoms with van der Waals surface area (Å²) in [7, 11) is -1.45. The number of rotatable bonds is 1. The second-order valence-electron chi connectivity index (χ2n) is 4.04. The number of hydrogen-bond donors (Lipinski definition) is 2. The second kappa shape index (κ2) is 4.27. The van der Waals surface area contributed by atoms with Crippen molar-refractivity contribution in [2.24, 2.45) is 0 Å². The maximum atomic E-state index is 11.4. The van der Waals surface area contributed by atoms with Crippen molar-refractivity contribution in [3.63, 3.8) is 0 Å². The number of anilines is 1. The largest absolute Gasteiger partial charge is 0.488 e. The van der Waals surface area contributed by atoms with Gasteiger partial charge in [-0.3, -0.25) is 4.79 Å². The van der Waals surface area contributed by atoms with Gasteiger partial charge >= 0.3 is 7.12 Å². The van der Waals surface area contributed by atoms with Crippen molar-refractivity contribution in [2.45, 2.75) is 19.8 Å². The Morgan fingerprint density at radius 2 is 2.19 bits per heavy atom. The van der Waals surface area contributed by atoms with Crippen LogP contribution in [0.4, 0.5) is 5.69 Å². The summed E-state index contributed by atoms with van der Waals surface area (Å²) in [6.45, 7) is 2.28. The minimum atomic E-state index is -1.45. The smallest absolute Gasteiger partial charge is 0.423 e. The van der Waals surface area contributed by atoms with E-state index in [1.165, 1.54) is 0 Å². The first-order valence-electron chi connectivity index (χ1n) is 5.36. The molecule has 0 fully saturated rings. The van der Waals surface area contributed by atoms with Crippen LogP contribution in [0.5, 0.6) is 0 Å². The quantitative estimate of drug-likeness (QED) is 0.635. The SMILES string of the molecule is CC(=O)N1CCCc2cc(B(O)O)ccc21. The van der Waals surface area contributed by atoms with Crippen LogP contribution < -0.4 is 10.4 Å². The average molecular weight is 219 g/mol. The Labute approximate surface area is 94.7 Å². The molecule has 0 radical (unpaired) electrons. The Morgan fingerprint density at radius 1 is 1.44 bits per heavy atom. The van der Waals surface area contributed by atoms with Crippen molar-refractivity contribution in [1.82, 2.24) is 0 Å². The van der Waals surface area contributed by atoms with Crippen LogP contribution in [0.15, 0.2) is 18.2 Å². The molecule has 0 atom stereocenters. The van der Waals surface area contributed by atoms with Crippen molar-refractivity contribution in [3.8, 4) is 0 Å². The highest BCUT2D eigenvalue weighted by atomic mass is 16.4. The molecule has 4 nitrogen and oxygen atoms in total. The topological polar surface area (TPSA) is 60.8 Å². The maximum absolute atomic E-state index is 11.4. The molecule has 16 heavy (non-hydrogen) atoms. The van der Waals surface area contributed by atoms with E-state index in [2.05, 4.69) is 0 Å². The van der Waals surface area contributed by atoms with Gasteiger partial charge in [0.2, 0.25) is 5.91 Å². The molecule has 5 heteroatoms. The Bertz CT molecular complexity index is 420. The Hall–Kier alpha value is -1.33. The molecule has 0 bridgehead atoms. The molecule has 0 saturated carbocycles. The summed E-state index contributed by atoms with van der Waals surface area (Å²) in [4.78, 5) is 13.1. The van der Waals surface area contributed by atoms with Gasteiger partial charge in [0.1, 0.15) is 0 Å². The molecule has 1 aliphatic rings. The van der Waals surface area contributed by atoms with Gasteiger partial charge in [-0.05, 0) is 29.9 Å². The fourth-order valence-corrected chi connectivity index (χ4v) is 2.10. The first-order chi connectivity index (χ1) is 7.59. The highest BCUT2D eigenvalue weighted by Gasteiger charge is 2.21. The van der Waals surface area contributed by atoms with Gasteiger partial charge in [-0.1, -0.05) is 12.1 Å². The standard InChI is InChI=1S/C11H14BNO3/c1-8(14)13-6-2-3-9-7-10(12(15)16)4-5-11(9)13/h4-5,7,15-16H,2-3,6H2,1H3. The number of fused-ring (bicyclic) bond motifs is 1. The number of benzene rings is 1. The van der Waals surface area contributed by atoms with E-state index < -0.39 is 7.12 Å². The third kappa shape index (κ3) is 1.96. The summed E-state index contributed by atoms with van der Waals surface area (Å²) in [5.41, 5.74) is 2.37. The zero-order valence-electron chi connectivity index (χ0n) is 9.18. The predicted molar refractivity (Wildman–Crippen MR) is 62.6 cm³/mol. The molecule has 0 aliphatic carbocycles. The van der Waals surface area contributed by atoms with E-state index in [1.807, 2.05) is 0 Å². The molecule has 0 spiro atoms. The van der Waals surface area contributed by atoms with Crippen LogP contribution in [0, 0.1) is 0 Å². The number of carbonyl (C=O) groups excluding carboxylic acids is 1. The van der Waals surface area contributed by atoms with Gasteiger partial charge in [0.25, 0.3) is 0 Å². The molecular weight excluding hydrogens is 205 g/mol. The van der Waals surface area contributed by atoms with Gasteiger partial charge in [-0.2, -0.15) is 0 Å². The van der Waals surface area contributed by atoms with Gasteiger partial charge in [0.15, 0.2) is 0 Å². The van der Waals surface area contributed by atoms with Crippen LogP contribution in [0.1, 0.15) is 18.9 Å². The fourth-order valence-electron chi connectivity index (χ4n) is 2.10. The summed E-state index contributed by atoms with van der Waals surface area (Å²) >= 11 is 0. The summed E-state index contributed by atoms with van der Waals surface area (Å²) in [6, 6.07) is 5.19. The first-order valence-corrected chi connectivity index (χ1v) is 5.36. The highest BCUT2D eigenvalue weighted by Crippen LogP contribution is 2.25. The number of amides is 1. The van der Waals surface area contributed by atoms with Crippen LogP contribution in [-0.4, -0.2) is 29.6 Å². The lowest BCUT2D eigenvalue weighted by Gasteiger charge is -2.28. The molecule has 1 aliphatic heterocycles. The normalized spacial score (nSPS) is 14.6. The summed E-state index contributed by atoms with van der Waals surface area (Å²) in [5.74, 6) is 0.0262. The minimum Gasteiger partial charge on any atom is -0.423 e. The maximum Gasteiger partial charge on any atom is 0.488 e. The second-order valence-corrected chi connectivity index (χ2v) is 4.04.